The van der Waals surface area contributed by atoms with E-state index in [0.29, 0.717) is 10.7 Å². The van der Waals surface area contributed by atoms with Crippen molar-refractivity contribution in [3.05, 3.63) is 59.5 Å². The van der Waals surface area contributed by atoms with Gasteiger partial charge in [0, 0.05) is 10.3 Å². The van der Waals surface area contributed by atoms with Crippen LogP contribution in [-0.2, 0) is 0 Å². The van der Waals surface area contributed by atoms with Crippen LogP contribution in [0.15, 0.2) is 58.8 Å². The molecule has 7 heteroatoms. The lowest BCUT2D eigenvalue weighted by molar-refractivity contribution is 0.102. The minimum atomic E-state index is -0.143. The zero-order chi connectivity index (χ0) is 17.2. The lowest BCUT2D eigenvalue weighted by Gasteiger charge is -2.05. The van der Waals surface area contributed by atoms with Crippen molar-refractivity contribution in [1.29, 1.82) is 0 Å². The Bertz CT molecular complexity index is 1020. The summed E-state index contributed by atoms with van der Waals surface area (Å²) in [5, 5.41) is 6.26. The molecule has 0 fully saturated rings. The Morgan fingerprint density at radius 2 is 1.88 bits per heavy atom. The van der Waals surface area contributed by atoms with Crippen molar-refractivity contribution < 1.29 is 4.79 Å². The van der Waals surface area contributed by atoms with Crippen molar-refractivity contribution in [2.45, 2.75) is 4.90 Å². The van der Waals surface area contributed by atoms with Crippen LogP contribution in [0.3, 0.4) is 0 Å². The van der Waals surface area contributed by atoms with Gasteiger partial charge in [0.15, 0.2) is 5.13 Å². The zero-order valence-corrected chi connectivity index (χ0v) is 15.7. The first kappa shape index (κ1) is 16.3. The number of aromatic nitrogens is 2. The Hall–Kier alpha value is -2.22. The molecule has 0 atom stereocenters. The van der Waals surface area contributed by atoms with Gasteiger partial charge in [0.05, 0.1) is 15.8 Å². The summed E-state index contributed by atoms with van der Waals surface area (Å²) in [5.41, 5.74) is 2.42. The number of fused-ring (bicyclic) bond motifs is 1. The highest BCUT2D eigenvalue weighted by atomic mass is 32.2. The average molecular weight is 384 g/mol. The van der Waals surface area contributed by atoms with Gasteiger partial charge in [-0.15, -0.1) is 34.4 Å². The van der Waals surface area contributed by atoms with E-state index >= 15 is 0 Å². The second-order valence-electron chi connectivity index (χ2n) is 5.18. The molecule has 4 aromatic rings. The van der Waals surface area contributed by atoms with Gasteiger partial charge in [-0.3, -0.25) is 10.1 Å². The first-order valence-electron chi connectivity index (χ1n) is 7.50. The summed E-state index contributed by atoms with van der Waals surface area (Å²) in [4.78, 5) is 22.6. The molecule has 0 aliphatic rings. The van der Waals surface area contributed by atoms with Gasteiger partial charge in [-0.25, -0.2) is 9.97 Å². The number of thiazole rings is 2. The van der Waals surface area contributed by atoms with Gasteiger partial charge in [-0.05, 0) is 30.5 Å². The van der Waals surface area contributed by atoms with E-state index in [4.69, 9.17) is 0 Å². The van der Waals surface area contributed by atoms with Crippen LogP contribution in [0, 0.1) is 0 Å². The molecule has 0 spiro atoms. The number of nitrogens with one attached hydrogen (secondary N) is 1. The summed E-state index contributed by atoms with van der Waals surface area (Å²) in [5.74, 6) is -0.143. The number of carbonyl (C=O) groups excluding carboxylic acids is 1. The average Bonchev–Trinajstić information content (AvgIpc) is 3.28. The fraction of sp³-hybridized carbons (Fsp3) is 0.0556. The van der Waals surface area contributed by atoms with Gasteiger partial charge < -0.3 is 0 Å². The monoisotopic (exact) mass is 383 g/mol. The van der Waals surface area contributed by atoms with Gasteiger partial charge in [-0.2, -0.15) is 0 Å². The maximum atomic E-state index is 12.5. The van der Waals surface area contributed by atoms with Gasteiger partial charge in [0.25, 0.3) is 5.91 Å². The van der Waals surface area contributed by atoms with Crippen molar-refractivity contribution in [2.24, 2.45) is 0 Å². The van der Waals surface area contributed by atoms with E-state index in [1.54, 1.807) is 23.1 Å². The summed E-state index contributed by atoms with van der Waals surface area (Å²) in [7, 11) is 0. The van der Waals surface area contributed by atoms with Crippen LogP contribution in [0.4, 0.5) is 5.13 Å². The number of benzene rings is 2. The molecule has 4 rings (SSSR count). The second-order valence-corrected chi connectivity index (χ2v) is 7.92. The zero-order valence-electron chi connectivity index (χ0n) is 13.2. The van der Waals surface area contributed by atoms with Crippen LogP contribution in [-0.4, -0.2) is 22.1 Å². The molecule has 0 radical (unpaired) electrons. The third kappa shape index (κ3) is 3.30. The maximum absolute atomic E-state index is 12.5. The quantitative estimate of drug-likeness (QED) is 0.480. The van der Waals surface area contributed by atoms with Crippen molar-refractivity contribution in [1.82, 2.24) is 9.97 Å². The Balaban J connectivity index is 1.58. The van der Waals surface area contributed by atoms with E-state index in [1.807, 2.05) is 60.2 Å². The number of hydrogen-bond acceptors (Lipinski definition) is 6. The molecule has 0 unspecified atom stereocenters. The van der Waals surface area contributed by atoms with Gasteiger partial charge in [-0.1, -0.05) is 24.3 Å². The number of amides is 1. The third-order valence-corrected chi connectivity index (χ3v) is 6.20. The highest BCUT2D eigenvalue weighted by Crippen LogP contribution is 2.32. The van der Waals surface area contributed by atoms with Gasteiger partial charge in [0.2, 0.25) is 0 Å². The van der Waals surface area contributed by atoms with Crippen LogP contribution < -0.4 is 5.32 Å². The number of rotatable bonds is 4. The molecular weight excluding hydrogens is 370 g/mol. The van der Waals surface area contributed by atoms with Crippen molar-refractivity contribution in [2.75, 3.05) is 11.6 Å². The summed E-state index contributed by atoms with van der Waals surface area (Å²) in [6, 6.07) is 15.6. The topological polar surface area (TPSA) is 54.9 Å². The summed E-state index contributed by atoms with van der Waals surface area (Å²) in [6.07, 6.45) is 1.96. The molecule has 1 N–H and O–H groups in total. The second kappa shape index (κ2) is 6.95. The standard InChI is InChI=1S/C18H13N3OS3/c1-23-14-8-4-2-6-11(14)16(22)21-18-20-13(10-24-18)17-19-12-7-3-5-9-15(12)25-17/h2-10H,1H3,(H,20,21,22). The highest BCUT2D eigenvalue weighted by Gasteiger charge is 2.14. The van der Waals surface area contributed by atoms with Gasteiger partial charge in [0.1, 0.15) is 10.7 Å². The minimum Gasteiger partial charge on any atom is -0.298 e. The van der Waals surface area contributed by atoms with E-state index in [0.717, 1.165) is 25.8 Å². The molecule has 0 saturated heterocycles. The molecule has 0 aliphatic heterocycles. The van der Waals surface area contributed by atoms with Crippen molar-refractivity contribution in [3.8, 4) is 10.7 Å². The molecule has 1 amide bonds. The Labute approximate surface area is 157 Å². The number of anilines is 1. The summed E-state index contributed by atoms with van der Waals surface area (Å²) < 4.78 is 1.13. The van der Waals surface area contributed by atoms with E-state index in [2.05, 4.69) is 15.3 Å². The lowest BCUT2D eigenvalue weighted by Crippen LogP contribution is -2.12. The molecule has 124 valence electrons. The highest BCUT2D eigenvalue weighted by molar-refractivity contribution is 7.98. The normalized spacial score (nSPS) is 10.9. The number of thioether (sulfide) groups is 1. The molecule has 2 aromatic heterocycles. The molecular formula is C18H13N3OS3. The predicted molar refractivity (Wildman–Crippen MR) is 107 cm³/mol. The van der Waals surface area contributed by atoms with Crippen LogP contribution in [0.1, 0.15) is 10.4 Å². The first-order chi connectivity index (χ1) is 12.2. The first-order valence-corrected chi connectivity index (χ1v) is 10.4. The number of hydrogen-bond donors (Lipinski definition) is 1. The van der Waals surface area contributed by atoms with Crippen LogP contribution in [0.25, 0.3) is 20.9 Å². The smallest absolute Gasteiger partial charge is 0.258 e. The molecule has 2 aromatic carbocycles. The van der Waals surface area contributed by atoms with E-state index in [1.165, 1.54) is 11.3 Å². The van der Waals surface area contributed by atoms with Crippen molar-refractivity contribution in [3.63, 3.8) is 0 Å². The van der Waals surface area contributed by atoms with Gasteiger partial charge >= 0.3 is 0 Å². The largest absolute Gasteiger partial charge is 0.298 e. The van der Waals surface area contributed by atoms with E-state index in [-0.39, 0.29) is 5.91 Å². The van der Waals surface area contributed by atoms with Crippen LogP contribution in [0.5, 0.6) is 0 Å². The molecule has 0 saturated carbocycles. The van der Waals surface area contributed by atoms with E-state index in [9.17, 15) is 4.79 Å². The SMILES string of the molecule is CSc1ccccc1C(=O)Nc1nc(-c2nc3ccccc3s2)cs1. The van der Waals surface area contributed by atoms with Crippen LogP contribution >= 0.6 is 34.4 Å². The molecule has 25 heavy (non-hydrogen) atoms. The van der Waals surface area contributed by atoms with E-state index < -0.39 is 0 Å². The lowest BCUT2D eigenvalue weighted by atomic mass is 10.2. The molecule has 4 nitrogen and oxygen atoms in total. The predicted octanol–water partition coefficient (Wildman–Crippen LogP) is 5.39. The number of para-hydroxylation sites is 1. The fourth-order valence-corrected chi connectivity index (χ4v) is 4.69. The number of nitrogens with zero attached hydrogens (tertiary/aromatic N) is 2. The van der Waals surface area contributed by atoms with Crippen molar-refractivity contribution >= 4 is 55.7 Å². The minimum absolute atomic E-state index is 0.143. The Morgan fingerprint density at radius 3 is 2.72 bits per heavy atom. The maximum Gasteiger partial charge on any atom is 0.258 e. The molecule has 0 aliphatic carbocycles. The number of carbonyl (C=O) groups is 1. The third-order valence-electron chi connectivity index (χ3n) is 3.59. The Kier molecular flexibility index (Phi) is 4.52. The molecule has 0 bridgehead atoms. The molecule has 2 heterocycles. The summed E-state index contributed by atoms with van der Waals surface area (Å²) >= 11 is 4.56. The fourth-order valence-electron chi connectivity index (χ4n) is 2.41. The van der Waals surface area contributed by atoms with Crippen LogP contribution in [0.2, 0.25) is 0 Å². The summed E-state index contributed by atoms with van der Waals surface area (Å²) in [6.45, 7) is 0. The Morgan fingerprint density at radius 1 is 1.08 bits per heavy atom.